The number of carbonyl (C=O) groups excluding carboxylic acids is 1. The second-order valence-electron chi connectivity index (χ2n) is 6.51. The first-order chi connectivity index (χ1) is 14.2. The van der Waals surface area contributed by atoms with Crippen LogP contribution in [-0.2, 0) is 12.7 Å². The first-order valence-electron chi connectivity index (χ1n) is 9.24. The average molecular weight is 422 g/mol. The van der Waals surface area contributed by atoms with E-state index < -0.39 is 11.7 Å². The minimum atomic E-state index is -4.35. The van der Waals surface area contributed by atoms with Crippen molar-refractivity contribution in [3.05, 3.63) is 65.2 Å². The van der Waals surface area contributed by atoms with Gasteiger partial charge < -0.3 is 20.3 Å². The Morgan fingerprint density at radius 1 is 1.03 bits per heavy atom. The van der Waals surface area contributed by atoms with E-state index in [1.54, 1.807) is 50.4 Å². The molecule has 0 saturated carbocycles. The fourth-order valence-corrected chi connectivity index (χ4v) is 2.73. The molecule has 9 heteroatoms. The molecule has 6 nitrogen and oxygen atoms in total. The number of amides is 1. The number of guanidine groups is 1. The summed E-state index contributed by atoms with van der Waals surface area (Å²) in [6, 6.07) is 11.8. The number of nitrogens with zero attached hydrogens (tertiary/aromatic N) is 2. The lowest BCUT2D eigenvalue weighted by atomic mass is 10.1. The fraction of sp³-hybridized carbons (Fsp3) is 0.333. The first kappa shape index (κ1) is 23.1. The summed E-state index contributed by atoms with van der Waals surface area (Å²) in [7, 11) is 4.95. The van der Waals surface area contributed by atoms with Crippen LogP contribution in [0.5, 0.6) is 5.75 Å². The molecule has 2 aromatic rings. The highest BCUT2D eigenvalue weighted by molar-refractivity contribution is 5.94. The molecule has 1 amide bonds. The van der Waals surface area contributed by atoms with Gasteiger partial charge in [0.1, 0.15) is 5.75 Å². The van der Waals surface area contributed by atoms with Crippen molar-refractivity contribution >= 4 is 11.9 Å². The van der Waals surface area contributed by atoms with Gasteiger partial charge in [-0.1, -0.05) is 12.1 Å². The van der Waals surface area contributed by atoms with E-state index in [9.17, 15) is 18.0 Å². The molecule has 2 N–H and O–H groups in total. The Morgan fingerprint density at radius 2 is 1.63 bits per heavy atom. The third-order valence-electron chi connectivity index (χ3n) is 4.32. The van der Waals surface area contributed by atoms with Crippen molar-refractivity contribution in [2.75, 3.05) is 34.3 Å². The number of aliphatic imine (C=N–C) groups is 1. The van der Waals surface area contributed by atoms with Gasteiger partial charge in [-0.25, -0.2) is 0 Å². The monoisotopic (exact) mass is 422 g/mol. The van der Waals surface area contributed by atoms with Gasteiger partial charge >= 0.3 is 6.18 Å². The molecular weight excluding hydrogens is 397 g/mol. The molecule has 0 aliphatic rings. The molecule has 0 heterocycles. The number of hydrogen-bond donors (Lipinski definition) is 2. The predicted octanol–water partition coefficient (Wildman–Crippen LogP) is 3.15. The average Bonchev–Trinajstić information content (AvgIpc) is 2.73. The highest BCUT2D eigenvalue weighted by Crippen LogP contribution is 2.29. The normalized spacial score (nSPS) is 11.7. The van der Waals surface area contributed by atoms with Gasteiger partial charge in [-0.2, -0.15) is 13.2 Å². The fourth-order valence-electron chi connectivity index (χ4n) is 2.73. The summed E-state index contributed by atoms with van der Waals surface area (Å²) in [5, 5.41) is 5.91. The van der Waals surface area contributed by atoms with Crippen LogP contribution in [0.15, 0.2) is 53.5 Å². The maximum Gasteiger partial charge on any atom is 0.416 e. The highest BCUT2D eigenvalue weighted by atomic mass is 19.4. The number of ether oxygens (including phenoxy) is 1. The van der Waals surface area contributed by atoms with Gasteiger partial charge in [0, 0.05) is 39.3 Å². The van der Waals surface area contributed by atoms with Gasteiger partial charge in [-0.3, -0.25) is 9.79 Å². The summed E-state index contributed by atoms with van der Waals surface area (Å²) in [6.07, 6.45) is -4.35. The van der Waals surface area contributed by atoms with Crippen LogP contribution >= 0.6 is 0 Å². The van der Waals surface area contributed by atoms with Crippen LogP contribution in [-0.4, -0.2) is 51.1 Å². The number of rotatable bonds is 7. The van der Waals surface area contributed by atoms with E-state index in [1.165, 1.54) is 12.1 Å². The number of halogens is 3. The molecule has 2 rings (SSSR count). The van der Waals surface area contributed by atoms with Gasteiger partial charge in [0.05, 0.1) is 12.7 Å². The zero-order valence-electron chi connectivity index (χ0n) is 17.1. The Labute approximate surface area is 173 Å². The molecular formula is C21H25F3N4O2. The molecule has 0 aliphatic carbocycles. The Kier molecular flexibility index (Phi) is 8.08. The zero-order valence-corrected chi connectivity index (χ0v) is 17.1. The van der Waals surface area contributed by atoms with E-state index in [0.717, 1.165) is 17.7 Å². The molecule has 0 bridgehead atoms. The molecule has 0 spiro atoms. The van der Waals surface area contributed by atoms with Crippen LogP contribution in [0.2, 0.25) is 0 Å². The summed E-state index contributed by atoms with van der Waals surface area (Å²) in [5.41, 5.74) is 0.574. The molecule has 0 fully saturated rings. The lowest BCUT2D eigenvalue weighted by molar-refractivity contribution is -0.137. The van der Waals surface area contributed by atoms with Crippen molar-refractivity contribution in [2.24, 2.45) is 4.99 Å². The lowest BCUT2D eigenvalue weighted by Gasteiger charge is -2.22. The third kappa shape index (κ3) is 6.68. The Morgan fingerprint density at radius 3 is 2.17 bits per heavy atom. The largest absolute Gasteiger partial charge is 0.497 e. The van der Waals surface area contributed by atoms with Gasteiger partial charge in [-0.05, 0) is 42.0 Å². The quantitative estimate of drug-likeness (QED) is 0.409. The number of nitrogens with one attached hydrogen (secondary N) is 2. The Balaban J connectivity index is 1.79. The van der Waals surface area contributed by atoms with Gasteiger partial charge in [0.2, 0.25) is 0 Å². The van der Waals surface area contributed by atoms with Crippen LogP contribution in [0.1, 0.15) is 21.5 Å². The van der Waals surface area contributed by atoms with Crippen LogP contribution < -0.4 is 15.4 Å². The molecule has 0 aromatic heterocycles. The zero-order chi connectivity index (χ0) is 22.1. The van der Waals surface area contributed by atoms with E-state index in [2.05, 4.69) is 15.6 Å². The summed E-state index contributed by atoms with van der Waals surface area (Å²) in [6.45, 7) is 1.19. The standard InChI is InChI=1S/C21H25F3N4O2/c1-25-20(28(2)14-15-4-8-17(9-5-15)21(22,23)24)27-13-12-26-19(29)16-6-10-18(30-3)11-7-16/h4-11H,12-14H2,1-3H3,(H,25,27)(H,26,29). The minimum Gasteiger partial charge on any atom is -0.497 e. The SMILES string of the molecule is CN=C(NCCNC(=O)c1ccc(OC)cc1)N(C)Cc1ccc(C(F)(F)F)cc1. The topological polar surface area (TPSA) is 66.0 Å². The number of alkyl halides is 3. The first-order valence-corrected chi connectivity index (χ1v) is 9.24. The van der Waals surface area contributed by atoms with Crippen molar-refractivity contribution in [2.45, 2.75) is 12.7 Å². The maximum absolute atomic E-state index is 12.7. The van der Waals surface area contributed by atoms with Crippen molar-refractivity contribution in [1.82, 2.24) is 15.5 Å². The Bertz CT molecular complexity index is 850. The van der Waals surface area contributed by atoms with Crippen molar-refractivity contribution < 1.29 is 22.7 Å². The van der Waals surface area contributed by atoms with Crippen molar-refractivity contribution in [3.63, 3.8) is 0 Å². The van der Waals surface area contributed by atoms with Gasteiger partial charge in [0.15, 0.2) is 5.96 Å². The number of hydrogen-bond acceptors (Lipinski definition) is 3. The van der Waals surface area contributed by atoms with Gasteiger partial charge in [-0.15, -0.1) is 0 Å². The summed E-state index contributed by atoms with van der Waals surface area (Å²) >= 11 is 0. The molecule has 0 radical (unpaired) electrons. The van der Waals surface area contributed by atoms with Gasteiger partial charge in [0.25, 0.3) is 5.91 Å². The van der Waals surface area contributed by atoms with Crippen LogP contribution in [0.25, 0.3) is 0 Å². The molecule has 162 valence electrons. The van der Waals surface area contributed by atoms with Crippen LogP contribution in [0.3, 0.4) is 0 Å². The predicted molar refractivity (Wildman–Crippen MR) is 110 cm³/mol. The summed E-state index contributed by atoms with van der Waals surface area (Å²) < 4.78 is 43.0. The number of carbonyl (C=O) groups is 1. The smallest absolute Gasteiger partial charge is 0.416 e. The summed E-state index contributed by atoms with van der Waals surface area (Å²) in [4.78, 5) is 18.1. The van der Waals surface area contributed by atoms with E-state index in [-0.39, 0.29) is 5.91 Å². The van der Waals surface area contributed by atoms with Crippen molar-refractivity contribution in [3.8, 4) is 5.75 Å². The van der Waals surface area contributed by atoms with Crippen LogP contribution in [0.4, 0.5) is 13.2 Å². The van der Waals surface area contributed by atoms with Crippen LogP contribution in [0, 0.1) is 0 Å². The number of benzene rings is 2. The molecule has 0 aliphatic heterocycles. The molecule has 30 heavy (non-hydrogen) atoms. The third-order valence-corrected chi connectivity index (χ3v) is 4.32. The second kappa shape index (κ2) is 10.5. The molecule has 0 unspecified atom stereocenters. The molecule has 2 aromatic carbocycles. The lowest BCUT2D eigenvalue weighted by Crippen LogP contribution is -2.42. The number of methoxy groups -OCH3 is 1. The second-order valence-corrected chi connectivity index (χ2v) is 6.51. The van der Waals surface area contributed by atoms with E-state index in [0.29, 0.717) is 36.9 Å². The highest BCUT2D eigenvalue weighted by Gasteiger charge is 2.29. The van der Waals surface area contributed by atoms with E-state index in [4.69, 9.17) is 4.74 Å². The molecule has 0 atom stereocenters. The summed E-state index contributed by atoms with van der Waals surface area (Å²) in [5.74, 6) is 1.04. The van der Waals surface area contributed by atoms with E-state index in [1.807, 2.05) is 0 Å². The Hall–Kier alpha value is -3.23. The van der Waals surface area contributed by atoms with Crippen molar-refractivity contribution in [1.29, 1.82) is 0 Å². The molecule has 0 saturated heterocycles. The van der Waals surface area contributed by atoms with E-state index >= 15 is 0 Å². The maximum atomic E-state index is 12.7. The minimum absolute atomic E-state index is 0.201.